The summed E-state index contributed by atoms with van der Waals surface area (Å²) in [5.41, 5.74) is 0. The van der Waals surface area contributed by atoms with Crippen molar-refractivity contribution >= 4 is 23.9 Å². The van der Waals surface area contributed by atoms with Crippen molar-refractivity contribution in [3.63, 3.8) is 0 Å². The molecule has 0 bridgehead atoms. The number of hydrogen-bond acceptors (Lipinski definition) is 4. The van der Waals surface area contributed by atoms with E-state index in [4.69, 9.17) is 20.4 Å². The van der Waals surface area contributed by atoms with E-state index in [9.17, 15) is 19.2 Å². The molecule has 0 heterocycles. The molecule has 8 heteroatoms. The van der Waals surface area contributed by atoms with Crippen LogP contribution in [0.3, 0.4) is 0 Å². The molecule has 0 spiro atoms. The first-order valence-corrected chi connectivity index (χ1v) is 17.8. The van der Waals surface area contributed by atoms with Gasteiger partial charge in [0.25, 0.3) is 0 Å². The van der Waals surface area contributed by atoms with Gasteiger partial charge >= 0.3 is 23.9 Å². The largest absolute Gasteiger partial charge is 0.481 e. The Kier molecular flexibility index (Phi) is 36.6. The second kappa shape index (κ2) is 36.8. The fraction of sp³-hybridized carbons (Fsp3) is 0.833. The summed E-state index contributed by atoms with van der Waals surface area (Å²) in [5, 5.41) is 34.0. The average Bonchev–Trinajstić information content (AvgIpc) is 2.96. The minimum Gasteiger partial charge on any atom is -0.481 e. The van der Waals surface area contributed by atoms with Gasteiger partial charge in [-0.05, 0) is 32.1 Å². The van der Waals surface area contributed by atoms with Crippen LogP contribution in [0.4, 0.5) is 0 Å². The zero-order valence-electron chi connectivity index (χ0n) is 27.8. The van der Waals surface area contributed by atoms with Gasteiger partial charge in [0.1, 0.15) is 0 Å². The van der Waals surface area contributed by atoms with E-state index in [0.717, 1.165) is 57.8 Å². The highest BCUT2D eigenvalue weighted by Crippen LogP contribution is 2.15. The zero-order chi connectivity index (χ0) is 32.9. The fourth-order valence-electron chi connectivity index (χ4n) is 5.16. The first-order valence-electron chi connectivity index (χ1n) is 17.8. The van der Waals surface area contributed by atoms with E-state index in [-0.39, 0.29) is 0 Å². The Labute approximate surface area is 268 Å². The van der Waals surface area contributed by atoms with Crippen LogP contribution in [-0.4, -0.2) is 44.3 Å². The Morgan fingerprint density at radius 1 is 0.318 bits per heavy atom. The van der Waals surface area contributed by atoms with Crippen LogP contribution < -0.4 is 0 Å². The van der Waals surface area contributed by atoms with Crippen LogP contribution in [0.2, 0.25) is 0 Å². The summed E-state index contributed by atoms with van der Waals surface area (Å²) < 4.78 is 0. The van der Waals surface area contributed by atoms with Crippen molar-refractivity contribution < 1.29 is 39.6 Å². The van der Waals surface area contributed by atoms with E-state index >= 15 is 0 Å². The minimum atomic E-state index is -0.859. The van der Waals surface area contributed by atoms with Gasteiger partial charge in [-0.15, -0.1) is 0 Å². The molecule has 0 aliphatic heterocycles. The molecule has 0 amide bonds. The molecule has 0 aromatic carbocycles. The van der Waals surface area contributed by atoms with Crippen LogP contribution in [0, 0.1) is 0 Å². The van der Waals surface area contributed by atoms with E-state index < -0.39 is 23.9 Å². The second-order valence-corrected chi connectivity index (χ2v) is 12.2. The quantitative estimate of drug-likeness (QED) is 0.0415. The number of carbonyl (C=O) groups is 4. The molecule has 0 aliphatic rings. The normalized spacial score (nSPS) is 10.9. The molecule has 0 saturated heterocycles. The van der Waals surface area contributed by atoms with Gasteiger partial charge in [-0.25, -0.2) is 4.79 Å². The van der Waals surface area contributed by atoms with E-state index in [2.05, 4.69) is 0 Å². The standard InChI is InChI=1S/C18H34O4.C18H32O4/c2*19-17(20)15-13-11-9-7-5-3-1-2-4-6-8-10-12-14-16-18(21)22/h1-16H2,(H,19,20)(H,21,22);13,15H,1-12,14,16H2,(H,19,20)(H,21,22). The predicted octanol–water partition coefficient (Wildman–Crippen LogP) is 10.6. The molecule has 0 aromatic heterocycles. The van der Waals surface area contributed by atoms with Crippen LogP contribution >= 0.6 is 0 Å². The molecule has 0 unspecified atom stereocenters. The Morgan fingerprint density at radius 3 is 0.727 bits per heavy atom. The van der Waals surface area contributed by atoms with Gasteiger partial charge in [0.15, 0.2) is 0 Å². The number of aliphatic carboxylic acids is 4. The topological polar surface area (TPSA) is 149 Å². The number of carboxylic acids is 4. The van der Waals surface area contributed by atoms with Crippen molar-refractivity contribution in [1.29, 1.82) is 0 Å². The van der Waals surface area contributed by atoms with Crippen LogP contribution in [0.1, 0.15) is 193 Å². The third-order valence-corrected chi connectivity index (χ3v) is 7.80. The number of hydrogen-bond donors (Lipinski definition) is 4. The van der Waals surface area contributed by atoms with E-state index in [1.54, 1.807) is 6.08 Å². The van der Waals surface area contributed by atoms with Gasteiger partial charge in [0, 0.05) is 25.3 Å². The minimum absolute atomic E-state index is 0.312. The van der Waals surface area contributed by atoms with Gasteiger partial charge in [-0.1, -0.05) is 147 Å². The molecule has 44 heavy (non-hydrogen) atoms. The van der Waals surface area contributed by atoms with E-state index in [1.165, 1.54) is 122 Å². The maximum absolute atomic E-state index is 10.3. The molecule has 0 fully saturated rings. The molecule has 8 nitrogen and oxygen atoms in total. The monoisotopic (exact) mass is 626 g/mol. The van der Waals surface area contributed by atoms with Crippen molar-refractivity contribution in [2.24, 2.45) is 0 Å². The second-order valence-electron chi connectivity index (χ2n) is 12.2. The summed E-state index contributed by atoms with van der Waals surface area (Å²) in [7, 11) is 0. The summed E-state index contributed by atoms with van der Waals surface area (Å²) in [6, 6.07) is 0. The van der Waals surface area contributed by atoms with Crippen LogP contribution in [-0.2, 0) is 19.2 Å². The molecule has 0 radical (unpaired) electrons. The van der Waals surface area contributed by atoms with Gasteiger partial charge in [0.2, 0.25) is 0 Å². The molecule has 0 rings (SSSR count). The third-order valence-electron chi connectivity index (χ3n) is 7.80. The van der Waals surface area contributed by atoms with Crippen molar-refractivity contribution in [2.45, 2.75) is 193 Å². The Balaban J connectivity index is 0. The Bertz CT molecular complexity index is 676. The smallest absolute Gasteiger partial charge is 0.327 e. The zero-order valence-corrected chi connectivity index (χ0v) is 27.8. The number of carboxylic acid groups (broad SMARTS) is 4. The van der Waals surface area contributed by atoms with Crippen molar-refractivity contribution in [3.05, 3.63) is 12.2 Å². The lowest BCUT2D eigenvalue weighted by Crippen LogP contribution is -1.93. The summed E-state index contributed by atoms with van der Waals surface area (Å²) in [6.45, 7) is 0. The Morgan fingerprint density at radius 2 is 0.523 bits per heavy atom. The number of unbranched alkanes of at least 4 members (excludes halogenated alkanes) is 25. The summed E-state index contributed by atoms with van der Waals surface area (Å²) in [5.74, 6) is -2.90. The van der Waals surface area contributed by atoms with Gasteiger partial charge in [-0.3, -0.25) is 14.4 Å². The lowest BCUT2D eigenvalue weighted by molar-refractivity contribution is -0.138. The fourth-order valence-corrected chi connectivity index (χ4v) is 5.16. The molecule has 0 aromatic rings. The van der Waals surface area contributed by atoms with Gasteiger partial charge in [-0.2, -0.15) is 0 Å². The summed E-state index contributed by atoms with van der Waals surface area (Å²) >= 11 is 0. The highest BCUT2D eigenvalue weighted by atomic mass is 16.4. The van der Waals surface area contributed by atoms with E-state index in [0.29, 0.717) is 19.3 Å². The van der Waals surface area contributed by atoms with E-state index in [1.807, 2.05) is 0 Å². The molecule has 0 saturated carbocycles. The van der Waals surface area contributed by atoms with Crippen LogP contribution in [0.25, 0.3) is 0 Å². The highest BCUT2D eigenvalue weighted by molar-refractivity contribution is 5.79. The summed E-state index contributed by atoms with van der Waals surface area (Å²) in [6.07, 6.45) is 35.3. The maximum Gasteiger partial charge on any atom is 0.327 e. The average molecular weight is 627 g/mol. The predicted molar refractivity (Wildman–Crippen MR) is 178 cm³/mol. The molecular formula is C36H66O8. The molecule has 4 N–H and O–H groups in total. The SMILES string of the molecule is O=C(O)C=CCCCCCCCCCCCCCCC(=O)O.O=C(O)CCCCCCCCCCCCCCCCC(=O)O. The molecule has 0 atom stereocenters. The first-order chi connectivity index (χ1) is 21.3. The lowest BCUT2D eigenvalue weighted by Gasteiger charge is -2.03. The van der Waals surface area contributed by atoms with Crippen LogP contribution in [0.5, 0.6) is 0 Å². The molecular weight excluding hydrogens is 560 g/mol. The number of rotatable bonds is 33. The van der Waals surface area contributed by atoms with Crippen LogP contribution in [0.15, 0.2) is 12.2 Å². The Hall–Kier alpha value is -2.38. The number of allylic oxidation sites excluding steroid dienone is 1. The summed E-state index contributed by atoms with van der Waals surface area (Å²) in [4.78, 5) is 41.3. The van der Waals surface area contributed by atoms with Crippen molar-refractivity contribution in [2.75, 3.05) is 0 Å². The third kappa shape index (κ3) is 46.6. The van der Waals surface area contributed by atoms with Crippen molar-refractivity contribution in [3.8, 4) is 0 Å². The molecule has 0 aliphatic carbocycles. The first kappa shape index (κ1) is 43.7. The van der Waals surface area contributed by atoms with Crippen molar-refractivity contribution in [1.82, 2.24) is 0 Å². The lowest BCUT2D eigenvalue weighted by atomic mass is 10.0. The van der Waals surface area contributed by atoms with Gasteiger partial charge < -0.3 is 20.4 Å². The highest BCUT2D eigenvalue weighted by Gasteiger charge is 1.99. The molecule has 258 valence electrons. The maximum atomic E-state index is 10.3. The van der Waals surface area contributed by atoms with Gasteiger partial charge in [0.05, 0.1) is 0 Å².